The lowest BCUT2D eigenvalue weighted by Crippen LogP contribution is -2.26. The minimum absolute atomic E-state index is 0.0543. The molecule has 0 heterocycles. The van der Waals surface area contributed by atoms with Gasteiger partial charge < -0.3 is 5.32 Å². The minimum Gasteiger partial charge on any atom is -0.326 e. The number of carbonyl (C=O) groups excluding carboxylic acids is 1. The number of sulfonamides is 1. The van der Waals surface area contributed by atoms with Gasteiger partial charge in [0.05, 0.1) is 17.0 Å². The lowest BCUT2D eigenvalue weighted by atomic mass is 10.1. The first-order valence-electron chi connectivity index (χ1n) is 8.98. The first kappa shape index (κ1) is 23.2. The van der Waals surface area contributed by atoms with Crippen molar-refractivity contribution in [3.63, 3.8) is 0 Å². The summed E-state index contributed by atoms with van der Waals surface area (Å²) in [5.41, 5.74) is -0.971. The fourth-order valence-electron chi connectivity index (χ4n) is 2.84. The Bertz CT molecular complexity index is 1260. The van der Waals surface area contributed by atoms with Crippen LogP contribution in [0, 0.1) is 29.1 Å². The van der Waals surface area contributed by atoms with E-state index in [4.69, 9.17) is 0 Å². The molecule has 168 valence electrons. The molecule has 0 bridgehead atoms. The summed E-state index contributed by atoms with van der Waals surface area (Å²) >= 11 is 0. The Hall–Kier alpha value is -3.47. The Morgan fingerprint density at radius 2 is 1.41 bits per heavy atom. The molecule has 0 saturated heterocycles. The number of nitrogens with one attached hydrogen (secondary N) is 1. The van der Waals surface area contributed by atoms with E-state index < -0.39 is 57.0 Å². The molecule has 5 nitrogen and oxygen atoms in total. The van der Waals surface area contributed by atoms with Crippen LogP contribution in [0.1, 0.15) is 5.56 Å². The van der Waals surface area contributed by atoms with Gasteiger partial charge in [-0.1, -0.05) is 24.3 Å². The van der Waals surface area contributed by atoms with Crippen LogP contribution in [0.3, 0.4) is 0 Å². The van der Waals surface area contributed by atoms with E-state index in [2.05, 4.69) is 5.32 Å². The average Bonchev–Trinajstić information content (AvgIpc) is 2.79. The van der Waals surface area contributed by atoms with Crippen molar-refractivity contribution in [2.45, 2.75) is 11.3 Å². The monoisotopic (exact) mass is 470 g/mol. The van der Waals surface area contributed by atoms with Gasteiger partial charge in [0.2, 0.25) is 11.7 Å². The second kappa shape index (κ2) is 8.95. The predicted molar refractivity (Wildman–Crippen MR) is 107 cm³/mol. The molecular weight excluding hydrogens is 455 g/mol. The Morgan fingerprint density at radius 3 is 2.00 bits per heavy atom. The zero-order valence-corrected chi connectivity index (χ0v) is 17.2. The maximum absolute atomic E-state index is 13.8. The van der Waals surface area contributed by atoms with Gasteiger partial charge >= 0.3 is 0 Å². The van der Waals surface area contributed by atoms with Gasteiger partial charge in [0.25, 0.3) is 10.0 Å². The van der Waals surface area contributed by atoms with E-state index in [0.29, 0.717) is 5.69 Å². The predicted octanol–water partition coefficient (Wildman–Crippen LogP) is 4.39. The molecule has 0 saturated carbocycles. The Kier molecular flexibility index (Phi) is 6.49. The van der Waals surface area contributed by atoms with Crippen molar-refractivity contribution in [2.75, 3.05) is 16.7 Å². The third kappa shape index (κ3) is 4.42. The van der Waals surface area contributed by atoms with Crippen molar-refractivity contribution in [2.24, 2.45) is 0 Å². The number of hydrogen-bond donors (Lipinski definition) is 1. The van der Waals surface area contributed by atoms with Gasteiger partial charge in [-0.15, -0.1) is 0 Å². The third-order valence-corrected chi connectivity index (χ3v) is 6.32. The quantitative estimate of drug-likeness (QED) is 0.330. The normalized spacial score (nSPS) is 11.3. The highest BCUT2D eigenvalue weighted by Gasteiger charge is 2.27. The van der Waals surface area contributed by atoms with Gasteiger partial charge in [0.15, 0.2) is 23.3 Å². The lowest BCUT2D eigenvalue weighted by molar-refractivity contribution is -0.115. The largest absolute Gasteiger partial charge is 0.326 e. The van der Waals surface area contributed by atoms with E-state index >= 15 is 0 Å². The molecule has 1 amide bonds. The number of carbonyl (C=O) groups is 1. The highest BCUT2D eigenvalue weighted by atomic mass is 32.2. The topological polar surface area (TPSA) is 66.5 Å². The Morgan fingerprint density at radius 1 is 0.844 bits per heavy atom. The number of halogens is 5. The fraction of sp³-hybridized carbons (Fsp3) is 0.0952. The van der Waals surface area contributed by atoms with E-state index in [1.165, 1.54) is 25.2 Å². The van der Waals surface area contributed by atoms with Crippen LogP contribution in [0.5, 0.6) is 0 Å². The summed E-state index contributed by atoms with van der Waals surface area (Å²) in [6.07, 6.45) is -1.16. The zero-order valence-electron chi connectivity index (χ0n) is 16.4. The Labute approximate surface area is 180 Å². The summed E-state index contributed by atoms with van der Waals surface area (Å²) in [6.45, 7) is 0. The van der Waals surface area contributed by atoms with Gasteiger partial charge in [0.1, 0.15) is 0 Å². The van der Waals surface area contributed by atoms with Gasteiger partial charge in [-0.2, -0.15) is 0 Å². The molecule has 0 aliphatic heterocycles. The van der Waals surface area contributed by atoms with Crippen molar-refractivity contribution >= 4 is 27.3 Å². The number of amides is 1. The molecule has 0 aliphatic carbocycles. The maximum Gasteiger partial charge on any atom is 0.264 e. The van der Waals surface area contributed by atoms with Crippen molar-refractivity contribution in [1.82, 2.24) is 0 Å². The summed E-state index contributed by atoms with van der Waals surface area (Å²) in [5.74, 6) is -12.0. The molecule has 3 aromatic carbocycles. The fourth-order valence-corrected chi connectivity index (χ4v) is 4.08. The molecule has 0 aromatic heterocycles. The van der Waals surface area contributed by atoms with Crippen LogP contribution in [-0.4, -0.2) is 21.4 Å². The highest BCUT2D eigenvalue weighted by Crippen LogP contribution is 2.25. The summed E-state index contributed by atoms with van der Waals surface area (Å²) in [5, 5.41) is 2.20. The summed E-state index contributed by atoms with van der Waals surface area (Å²) in [7, 11) is -2.69. The van der Waals surface area contributed by atoms with E-state index in [-0.39, 0.29) is 10.6 Å². The molecule has 11 heteroatoms. The number of hydrogen-bond acceptors (Lipinski definition) is 3. The van der Waals surface area contributed by atoms with Crippen molar-refractivity contribution in [3.8, 4) is 0 Å². The molecule has 1 N–H and O–H groups in total. The van der Waals surface area contributed by atoms with E-state index in [0.717, 1.165) is 10.4 Å². The molecule has 0 aliphatic rings. The minimum atomic E-state index is -4.02. The lowest BCUT2D eigenvalue weighted by Gasteiger charge is -2.20. The van der Waals surface area contributed by atoms with Crippen LogP contribution in [0.4, 0.5) is 33.3 Å². The molecule has 32 heavy (non-hydrogen) atoms. The van der Waals surface area contributed by atoms with Gasteiger partial charge in [-0.25, -0.2) is 30.4 Å². The van der Waals surface area contributed by atoms with E-state index in [1.807, 2.05) is 0 Å². The number of rotatable bonds is 6. The SMILES string of the molecule is CN(c1ccccc1)S(=O)(=O)c1cccc(NC(=O)Cc2c(F)c(F)c(F)c(F)c2F)c1. The highest BCUT2D eigenvalue weighted by molar-refractivity contribution is 7.92. The Balaban J connectivity index is 1.83. The molecule has 3 aromatic rings. The van der Waals surface area contributed by atoms with Crippen LogP contribution >= 0.6 is 0 Å². The molecule has 0 fully saturated rings. The number of anilines is 2. The van der Waals surface area contributed by atoms with Gasteiger partial charge in [-0.05, 0) is 30.3 Å². The van der Waals surface area contributed by atoms with Crippen molar-refractivity contribution in [1.29, 1.82) is 0 Å². The molecule has 0 radical (unpaired) electrons. The summed E-state index contributed by atoms with van der Waals surface area (Å²) in [4.78, 5) is 12.0. The molecule has 3 rings (SSSR count). The van der Waals surface area contributed by atoms with Crippen molar-refractivity contribution < 1.29 is 35.2 Å². The van der Waals surface area contributed by atoms with Gasteiger partial charge in [-0.3, -0.25) is 9.10 Å². The van der Waals surface area contributed by atoms with Gasteiger partial charge in [0, 0.05) is 18.3 Å². The third-order valence-electron chi connectivity index (χ3n) is 4.53. The van der Waals surface area contributed by atoms with Crippen LogP contribution in [0.25, 0.3) is 0 Å². The average molecular weight is 470 g/mol. The van der Waals surface area contributed by atoms with E-state index in [9.17, 15) is 35.2 Å². The summed E-state index contributed by atoms with van der Waals surface area (Å²) < 4.78 is 94.1. The first-order chi connectivity index (χ1) is 15.0. The van der Waals surface area contributed by atoms with Crippen LogP contribution in [0.2, 0.25) is 0 Å². The van der Waals surface area contributed by atoms with E-state index in [1.54, 1.807) is 30.3 Å². The number of nitrogens with zero attached hydrogens (tertiary/aromatic N) is 1. The maximum atomic E-state index is 13.8. The van der Waals surface area contributed by atoms with Crippen LogP contribution in [-0.2, 0) is 21.2 Å². The smallest absolute Gasteiger partial charge is 0.264 e. The van der Waals surface area contributed by atoms with Crippen molar-refractivity contribution in [3.05, 3.63) is 89.2 Å². The second-order valence-electron chi connectivity index (χ2n) is 6.61. The molecule has 0 spiro atoms. The second-order valence-corrected chi connectivity index (χ2v) is 8.58. The first-order valence-corrected chi connectivity index (χ1v) is 10.4. The number of benzene rings is 3. The summed E-state index contributed by atoms with van der Waals surface area (Å²) in [6, 6.07) is 13.2. The standard InChI is InChI=1S/C21H15F5N2O3S/c1-28(13-7-3-2-4-8-13)32(30,31)14-9-5-6-12(10-14)27-16(29)11-15-17(22)19(24)21(26)20(25)18(15)23/h2-10H,11H2,1H3,(H,27,29). The zero-order chi connectivity index (χ0) is 23.6. The van der Waals surface area contributed by atoms with Crippen LogP contribution in [0.15, 0.2) is 59.5 Å². The molecular formula is C21H15F5N2O3S. The molecule has 0 atom stereocenters. The van der Waals surface area contributed by atoms with Crippen LogP contribution < -0.4 is 9.62 Å². The number of para-hydroxylation sites is 1. The molecule has 0 unspecified atom stereocenters.